The van der Waals surface area contributed by atoms with Gasteiger partial charge >= 0.3 is 0 Å². The Hall–Kier alpha value is -2.00. The van der Waals surface area contributed by atoms with Crippen molar-refractivity contribution >= 4 is 28.9 Å². The quantitative estimate of drug-likeness (QED) is 0.862. The maximum Gasteiger partial charge on any atom is 0.255 e. The van der Waals surface area contributed by atoms with Crippen LogP contribution < -0.4 is 10.2 Å². The van der Waals surface area contributed by atoms with Crippen molar-refractivity contribution in [3.63, 3.8) is 0 Å². The molecular weight excluding hydrogens is 308 g/mol. The van der Waals surface area contributed by atoms with Gasteiger partial charge < -0.3 is 10.2 Å². The van der Waals surface area contributed by atoms with E-state index in [1.165, 1.54) is 24.9 Å². The standard InChI is InChI=1S/C19H21ClN2O/c1-14-4-2-3-13-22(14)18-11-9-17(10-12-18)21-19(23)15-5-7-16(20)8-6-15/h5-12,14H,2-4,13H2,1H3,(H,21,23)/t14-/m1/s1. The third kappa shape index (κ3) is 3.85. The smallest absolute Gasteiger partial charge is 0.255 e. The Morgan fingerprint density at radius 2 is 1.78 bits per heavy atom. The third-order valence-electron chi connectivity index (χ3n) is 4.37. The molecule has 0 unspecified atom stereocenters. The number of piperidine rings is 1. The highest BCUT2D eigenvalue weighted by Crippen LogP contribution is 2.26. The van der Waals surface area contributed by atoms with Gasteiger partial charge in [0.25, 0.3) is 5.91 Å². The van der Waals surface area contributed by atoms with Gasteiger partial charge in [-0.25, -0.2) is 0 Å². The maximum atomic E-state index is 12.2. The lowest BCUT2D eigenvalue weighted by Crippen LogP contribution is -2.37. The summed E-state index contributed by atoms with van der Waals surface area (Å²) in [4.78, 5) is 14.6. The molecule has 0 bridgehead atoms. The van der Waals surface area contributed by atoms with Gasteiger partial charge in [0.05, 0.1) is 0 Å². The Labute approximate surface area is 142 Å². The van der Waals surface area contributed by atoms with Gasteiger partial charge in [-0.05, 0) is 74.7 Å². The normalized spacial score (nSPS) is 17.8. The fourth-order valence-corrected chi connectivity index (χ4v) is 3.15. The summed E-state index contributed by atoms with van der Waals surface area (Å²) in [7, 11) is 0. The van der Waals surface area contributed by atoms with E-state index in [1.807, 2.05) is 12.1 Å². The fourth-order valence-electron chi connectivity index (χ4n) is 3.02. The summed E-state index contributed by atoms with van der Waals surface area (Å²) >= 11 is 5.84. The van der Waals surface area contributed by atoms with Crippen molar-refractivity contribution in [2.75, 3.05) is 16.8 Å². The average Bonchev–Trinajstić information content (AvgIpc) is 2.57. The molecule has 1 amide bonds. The molecule has 1 N–H and O–H groups in total. The second kappa shape index (κ2) is 7.05. The monoisotopic (exact) mass is 328 g/mol. The molecule has 1 fully saturated rings. The van der Waals surface area contributed by atoms with Crippen molar-refractivity contribution < 1.29 is 4.79 Å². The Bertz CT molecular complexity index is 667. The van der Waals surface area contributed by atoms with Gasteiger partial charge in [-0.3, -0.25) is 4.79 Å². The first-order valence-electron chi connectivity index (χ1n) is 8.07. The molecule has 0 aliphatic carbocycles. The summed E-state index contributed by atoms with van der Waals surface area (Å²) in [6.07, 6.45) is 3.81. The van der Waals surface area contributed by atoms with E-state index in [1.54, 1.807) is 24.3 Å². The van der Waals surface area contributed by atoms with Crippen molar-refractivity contribution in [3.05, 3.63) is 59.1 Å². The van der Waals surface area contributed by atoms with E-state index in [2.05, 4.69) is 29.3 Å². The van der Waals surface area contributed by atoms with E-state index >= 15 is 0 Å². The van der Waals surface area contributed by atoms with Crippen molar-refractivity contribution in [1.29, 1.82) is 0 Å². The number of carbonyl (C=O) groups excluding carboxylic acids is 1. The van der Waals surface area contributed by atoms with E-state index in [9.17, 15) is 4.79 Å². The highest BCUT2D eigenvalue weighted by molar-refractivity contribution is 6.30. The van der Waals surface area contributed by atoms with Crippen molar-refractivity contribution in [2.24, 2.45) is 0 Å². The number of benzene rings is 2. The molecule has 1 aliphatic rings. The average molecular weight is 329 g/mol. The van der Waals surface area contributed by atoms with E-state index in [0.29, 0.717) is 16.6 Å². The van der Waals surface area contributed by atoms with Crippen LogP contribution in [0.4, 0.5) is 11.4 Å². The maximum absolute atomic E-state index is 12.2. The minimum atomic E-state index is -0.124. The van der Waals surface area contributed by atoms with Gasteiger partial charge in [0.15, 0.2) is 0 Å². The largest absolute Gasteiger partial charge is 0.369 e. The van der Waals surface area contributed by atoms with Crippen molar-refractivity contribution in [3.8, 4) is 0 Å². The lowest BCUT2D eigenvalue weighted by molar-refractivity contribution is 0.102. The Balaban J connectivity index is 1.67. The van der Waals surface area contributed by atoms with Crippen LogP contribution in [0.3, 0.4) is 0 Å². The van der Waals surface area contributed by atoms with Crippen molar-refractivity contribution in [2.45, 2.75) is 32.2 Å². The lowest BCUT2D eigenvalue weighted by Gasteiger charge is -2.35. The molecule has 1 aliphatic heterocycles. The molecule has 1 saturated heterocycles. The third-order valence-corrected chi connectivity index (χ3v) is 4.62. The molecule has 3 rings (SSSR count). The topological polar surface area (TPSA) is 32.3 Å². The van der Waals surface area contributed by atoms with E-state index in [4.69, 9.17) is 11.6 Å². The van der Waals surface area contributed by atoms with Gasteiger partial charge in [0.1, 0.15) is 0 Å². The molecule has 3 nitrogen and oxygen atoms in total. The predicted molar refractivity (Wildman–Crippen MR) is 96.5 cm³/mol. The number of carbonyl (C=O) groups is 1. The molecule has 2 aromatic rings. The molecule has 23 heavy (non-hydrogen) atoms. The zero-order valence-corrected chi connectivity index (χ0v) is 14.0. The number of anilines is 2. The number of hydrogen-bond acceptors (Lipinski definition) is 2. The SMILES string of the molecule is C[C@@H]1CCCCN1c1ccc(NC(=O)c2ccc(Cl)cc2)cc1. The van der Waals surface area contributed by atoms with Crippen LogP contribution in [0.25, 0.3) is 0 Å². The van der Waals surface area contributed by atoms with E-state index in [0.717, 1.165) is 12.2 Å². The van der Waals surface area contributed by atoms with Crippen LogP contribution >= 0.6 is 11.6 Å². The van der Waals surface area contributed by atoms with Gasteiger partial charge in [0, 0.05) is 34.5 Å². The van der Waals surface area contributed by atoms with Crippen LogP contribution in [0.1, 0.15) is 36.5 Å². The second-order valence-corrected chi connectivity index (χ2v) is 6.48. The minimum Gasteiger partial charge on any atom is -0.369 e. The molecule has 1 atom stereocenters. The predicted octanol–water partition coefficient (Wildman–Crippen LogP) is 4.97. The molecule has 120 valence electrons. The summed E-state index contributed by atoms with van der Waals surface area (Å²) in [6, 6.07) is 15.6. The highest BCUT2D eigenvalue weighted by Gasteiger charge is 2.18. The molecule has 0 aromatic heterocycles. The number of amides is 1. The summed E-state index contributed by atoms with van der Waals surface area (Å²) in [6.45, 7) is 3.38. The van der Waals surface area contributed by atoms with Crippen LogP contribution in [0.2, 0.25) is 5.02 Å². The molecule has 0 saturated carbocycles. The van der Waals surface area contributed by atoms with Crippen molar-refractivity contribution in [1.82, 2.24) is 0 Å². The Morgan fingerprint density at radius 1 is 1.09 bits per heavy atom. The van der Waals surface area contributed by atoms with Gasteiger partial charge in [-0.2, -0.15) is 0 Å². The Morgan fingerprint density at radius 3 is 2.43 bits per heavy atom. The summed E-state index contributed by atoms with van der Waals surface area (Å²) in [5, 5.41) is 3.54. The number of rotatable bonds is 3. The molecular formula is C19H21ClN2O. The first kappa shape index (κ1) is 15.9. The van der Waals surface area contributed by atoms with Gasteiger partial charge in [-0.15, -0.1) is 0 Å². The minimum absolute atomic E-state index is 0.124. The zero-order valence-electron chi connectivity index (χ0n) is 13.3. The van der Waals surface area contributed by atoms with Crippen LogP contribution in [-0.4, -0.2) is 18.5 Å². The van der Waals surface area contributed by atoms with Gasteiger partial charge in [-0.1, -0.05) is 11.6 Å². The van der Waals surface area contributed by atoms with Crippen LogP contribution in [0.15, 0.2) is 48.5 Å². The fraction of sp³-hybridized carbons (Fsp3) is 0.316. The highest BCUT2D eigenvalue weighted by atomic mass is 35.5. The summed E-state index contributed by atoms with van der Waals surface area (Å²) in [5.74, 6) is -0.124. The van der Waals surface area contributed by atoms with E-state index in [-0.39, 0.29) is 5.91 Å². The summed E-state index contributed by atoms with van der Waals surface area (Å²) in [5.41, 5.74) is 2.63. The number of nitrogens with one attached hydrogen (secondary N) is 1. The Kier molecular flexibility index (Phi) is 4.87. The molecule has 1 heterocycles. The molecule has 0 spiro atoms. The van der Waals surface area contributed by atoms with Crippen LogP contribution in [0.5, 0.6) is 0 Å². The molecule has 2 aromatic carbocycles. The molecule has 4 heteroatoms. The lowest BCUT2D eigenvalue weighted by atomic mass is 10.0. The second-order valence-electron chi connectivity index (χ2n) is 6.05. The number of nitrogens with zero attached hydrogens (tertiary/aromatic N) is 1. The zero-order chi connectivity index (χ0) is 16.2. The van der Waals surface area contributed by atoms with Crippen LogP contribution in [0, 0.1) is 0 Å². The first-order chi connectivity index (χ1) is 11.1. The molecule has 0 radical (unpaired) electrons. The number of halogens is 1. The van der Waals surface area contributed by atoms with Gasteiger partial charge in [0.2, 0.25) is 0 Å². The van der Waals surface area contributed by atoms with Crippen LogP contribution in [-0.2, 0) is 0 Å². The number of hydrogen-bond donors (Lipinski definition) is 1. The summed E-state index contributed by atoms with van der Waals surface area (Å²) < 4.78 is 0. The van der Waals surface area contributed by atoms with E-state index < -0.39 is 0 Å². The first-order valence-corrected chi connectivity index (χ1v) is 8.45.